The van der Waals surface area contributed by atoms with E-state index in [9.17, 15) is 24.5 Å². The molecule has 0 saturated heterocycles. The van der Waals surface area contributed by atoms with Crippen molar-refractivity contribution >= 4 is 23.4 Å². The average molecular weight is 524 g/mol. The molecule has 4 N–H and O–H groups in total. The van der Waals surface area contributed by atoms with Crippen LogP contribution in [0.15, 0.2) is 17.3 Å². The summed E-state index contributed by atoms with van der Waals surface area (Å²) in [6, 6.07) is 0. The summed E-state index contributed by atoms with van der Waals surface area (Å²) >= 11 is 0. The number of carboxylic acids is 2. The van der Waals surface area contributed by atoms with Crippen molar-refractivity contribution in [1.82, 2.24) is 0 Å². The monoisotopic (exact) mass is 523 g/mol. The third-order valence-corrected chi connectivity index (χ3v) is 9.19. The number of oxime groups is 1. The first-order valence-corrected chi connectivity index (χ1v) is 12.8. The van der Waals surface area contributed by atoms with Crippen LogP contribution < -0.4 is 5.73 Å². The van der Waals surface area contributed by atoms with Gasteiger partial charge in [0.15, 0.2) is 0 Å². The Hall–Kier alpha value is -3.02. The molecule has 0 aromatic rings. The molecule has 0 aromatic carbocycles. The van der Waals surface area contributed by atoms with Gasteiger partial charge < -0.3 is 25.6 Å². The number of carbonyl (C=O) groups is 3. The van der Waals surface area contributed by atoms with Gasteiger partial charge in [0.1, 0.15) is 18.5 Å². The van der Waals surface area contributed by atoms with E-state index in [0.29, 0.717) is 68.1 Å². The van der Waals surface area contributed by atoms with E-state index in [4.69, 9.17) is 25.6 Å². The van der Waals surface area contributed by atoms with E-state index < -0.39 is 23.1 Å². The number of rotatable bonds is 7. The summed E-state index contributed by atoms with van der Waals surface area (Å²) in [4.78, 5) is 53.6. The van der Waals surface area contributed by atoms with E-state index in [1.165, 1.54) is 0 Å². The van der Waals surface area contributed by atoms with Crippen molar-refractivity contribution in [2.75, 3.05) is 13.2 Å². The van der Waals surface area contributed by atoms with Crippen molar-refractivity contribution < 1.29 is 39.4 Å². The first kappa shape index (κ1) is 28.5. The number of hydrogen-bond donors (Lipinski definition) is 3. The Kier molecular flexibility index (Phi) is 8.93. The molecule has 4 fully saturated rings. The Balaban J connectivity index is 0.000000414. The predicted octanol–water partition coefficient (Wildman–Crippen LogP) is 2.83. The van der Waals surface area contributed by atoms with Crippen LogP contribution in [-0.4, -0.2) is 58.0 Å². The van der Waals surface area contributed by atoms with Crippen molar-refractivity contribution in [3.8, 4) is 0 Å². The second-order valence-electron chi connectivity index (χ2n) is 11.0. The van der Waals surface area contributed by atoms with Gasteiger partial charge in [0.2, 0.25) is 0 Å². The summed E-state index contributed by atoms with van der Waals surface area (Å²) in [6.07, 6.45) is 7.31. The number of nitrogens with two attached hydrogens (primary N) is 1. The van der Waals surface area contributed by atoms with Crippen LogP contribution in [0.4, 0.5) is 0 Å². The molecule has 0 amide bonds. The van der Waals surface area contributed by atoms with Crippen LogP contribution in [0, 0.1) is 44.6 Å². The number of hydrogen-bond acceptors (Lipinski definition) is 9. The molecule has 206 valence electrons. The molecule has 37 heavy (non-hydrogen) atoms. The molecule has 0 bridgehead atoms. The van der Waals surface area contributed by atoms with E-state index in [0.717, 1.165) is 37.8 Å². The maximum atomic E-state index is 12.6. The quantitative estimate of drug-likeness (QED) is 0.193. The highest BCUT2D eigenvalue weighted by atomic mass is 17.0. The minimum atomic E-state index is -1.26. The molecule has 4 aliphatic carbocycles. The molecule has 4 rings (SSSR count). The molecule has 4 saturated carbocycles. The van der Waals surface area contributed by atoms with Crippen molar-refractivity contribution in [1.29, 1.82) is 0 Å². The maximum Gasteiger partial charge on any atom is 0.328 e. The Labute approximate surface area is 215 Å². The van der Waals surface area contributed by atoms with Crippen molar-refractivity contribution in [2.45, 2.75) is 71.3 Å². The molecular formula is C25H37N3O9. The van der Waals surface area contributed by atoms with E-state index >= 15 is 0 Å². The molecule has 0 radical (unpaired) electrons. The van der Waals surface area contributed by atoms with Crippen LogP contribution >= 0.6 is 0 Å². The lowest BCUT2D eigenvalue weighted by Gasteiger charge is -2.61. The number of carbonyl (C=O) groups excluding carboxylic acids is 1. The number of Topliss-reactive ketones (excluding diaryl/α,β-unsaturated/α-hetero) is 1. The molecule has 0 aromatic heterocycles. The minimum Gasteiger partial charge on any atom is -0.478 e. The van der Waals surface area contributed by atoms with Crippen molar-refractivity contribution in [2.24, 2.45) is 45.4 Å². The van der Waals surface area contributed by atoms with Crippen LogP contribution in [0.5, 0.6) is 0 Å². The van der Waals surface area contributed by atoms with Gasteiger partial charge in [-0.1, -0.05) is 19.0 Å². The smallest absolute Gasteiger partial charge is 0.328 e. The largest absolute Gasteiger partial charge is 0.478 e. The first-order chi connectivity index (χ1) is 17.4. The Bertz CT molecular complexity index is 951. The van der Waals surface area contributed by atoms with E-state index in [-0.39, 0.29) is 16.7 Å². The molecule has 12 heteroatoms. The fraction of sp³-hybridized carbons (Fsp3) is 0.760. The minimum absolute atomic E-state index is 0.0382. The van der Waals surface area contributed by atoms with Crippen molar-refractivity contribution in [3.63, 3.8) is 0 Å². The van der Waals surface area contributed by atoms with Crippen molar-refractivity contribution in [3.05, 3.63) is 22.3 Å². The summed E-state index contributed by atoms with van der Waals surface area (Å²) < 4.78 is 0. The summed E-state index contributed by atoms with van der Waals surface area (Å²) in [7, 11) is 0. The predicted molar refractivity (Wildman–Crippen MR) is 131 cm³/mol. The molecule has 4 aliphatic rings. The molecule has 0 aliphatic heterocycles. The topological polar surface area (TPSA) is 192 Å². The zero-order valence-electron chi connectivity index (χ0n) is 21.3. The third-order valence-electron chi connectivity index (χ3n) is 9.19. The molecule has 4 unspecified atom stereocenters. The van der Waals surface area contributed by atoms with Gasteiger partial charge in [0.05, 0.1) is 5.71 Å². The van der Waals surface area contributed by atoms with Crippen LogP contribution in [0.2, 0.25) is 0 Å². The average Bonchev–Trinajstić information content (AvgIpc) is 3.13. The summed E-state index contributed by atoms with van der Waals surface area (Å²) in [5.74, 6) is -0.959. The molecule has 7 atom stereocenters. The number of fused-ring (bicyclic) bond motifs is 5. The van der Waals surface area contributed by atoms with Gasteiger partial charge in [-0.3, -0.25) is 4.79 Å². The van der Waals surface area contributed by atoms with Gasteiger partial charge in [-0.2, -0.15) is 0 Å². The van der Waals surface area contributed by atoms with Gasteiger partial charge in [-0.15, -0.1) is 10.1 Å². The van der Waals surface area contributed by atoms with Crippen LogP contribution in [0.1, 0.15) is 65.2 Å². The molecule has 12 nitrogen and oxygen atoms in total. The van der Waals surface area contributed by atoms with E-state index in [1.807, 2.05) is 0 Å². The lowest BCUT2D eigenvalue weighted by Crippen LogP contribution is -2.58. The highest BCUT2D eigenvalue weighted by Crippen LogP contribution is 2.65. The Morgan fingerprint density at radius 1 is 1.14 bits per heavy atom. The zero-order chi connectivity index (χ0) is 27.4. The third kappa shape index (κ3) is 6.11. The van der Waals surface area contributed by atoms with Gasteiger partial charge >= 0.3 is 11.9 Å². The SMILES string of the molecule is C[C@]12CCC(=NOCCN)CC1[C@H](O[N+](=O)[O-])CC1C2CC[C@]2(C)C(=O)CCC12.O=C(O)/C=C/C(=O)O. The second-order valence-corrected chi connectivity index (χ2v) is 11.0. The standard InChI is InChI=1S/C21H33N3O5.C4H4O4/c1-20-7-5-13(23-28-10-9-22)11-17(20)18(29-24(26)27)12-14-15-3-4-19(25)21(15,2)8-6-16(14)20;5-3(6)1-2-4(7)8/h14-18H,3-12,22H2,1-2H3;1-2H,(H,5,6)(H,7,8)/b;2-1+/t14?,15?,16?,17?,18-,20-,21+;/m1./s1. The number of ketones is 1. The lowest BCUT2D eigenvalue weighted by molar-refractivity contribution is -0.772. The fourth-order valence-corrected chi connectivity index (χ4v) is 7.49. The second kappa shape index (κ2) is 11.6. The van der Waals surface area contributed by atoms with Gasteiger partial charge in [-0.05, 0) is 74.0 Å². The summed E-state index contributed by atoms with van der Waals surface area (Å²) in [6.45, 7) is 5.20. The summed E-state index contributed by atoms with van der Waals surface area (Å²) in [5.41, 5.74) is 6.14. The van der Waals surface area contributed by atoms with Gasteiger partial charge in [0.25, 0.3) is 5.09 Å². The van der Waals surface area contributed by atoms with Gasteiger partial charge in [0, 0.05) is 30.5 Å². The number of aliphatic carboxylic acids is 2. The van der Waals surface area contributed by atoms with Gasteiger partial charge in [-0.25, -0.2) is 9.59 Å². The number of nitrogens with zero attached hydrogens (tertiary/aromatic N) is 2. The molecule has 0 heterocycles. The maximum absolute atomic E-state index is 12.6. The lowest BCUT2D eigenvalue weighted by atomic mass is 9.44. The molecule has 0 spiro atoms. The highest BCUT2D eigenvalue weighted by molar-refractivity contribution is 5.89. The fourth-order valence-electron chi connectivity index (χ4n) is 7.49. The van der Waals surface area contributed by atoms with E-state index in [1.54, 1.807) is 0 Å². The Morgan fingerprint density at radius 3 is 2.41 bits per heavy atom. The van der Waals surface area contributed by atoms with Crippen LogP contribution in [0.3, 0.4) is 0 Å². The Morgan fingerprint density at radius 2 is 1.81 bits per heavy atom. The highest BCUT2D eigenvalue weighted by Gasteiger charge is 2.62. The normalized spacial score (nSPS) is 37.5. The zero-order valence-corrected chi connectivity index (χ0v) is 21.3. The van der Waals surface area contributed by atoms with Crippen LogP contribution in [-0.2, 0) is 24.1 Å². The number of carboxylic acid groups (broad SMARTS) is 2. The summed E-state index contributed by atoms with van der Waals surface area (Å²) in [5, 5.41) is 30.5. The molecular weight excluding hydrogens is 486 g/mol. The first-order valence-electron chi connectivity index (χ1n) is 12.8. The van der Waals surface area contributed by atoms with Crippen LogP contribution in [0.25, 0.3) is 0 Å². The van der Waals surface area contributed by atoms with E-state index in [2.05, 4.69) is 19.0 Å².